The lowest BCUT2D eigenvalue weighted by Crippen LogP contribution is -2.36. The fourth-order valence-corrected chi connectivity index (χ4v) is 8.33. The second-order valence-electron chi connectivity index (χ2n) is 11.5. The molecule has 2 aliphatic heterocycles. The van der Waals surface area contributed by atoms with Gasteiger partial charge in [-0.25, -0.2) is 14.6 Å². The molecule has 0 aliphatic carbocycles. The molecule has 2 fully saturated rings. The van der Waals surface area contributed by atoms with Crippen LogP contribution in [0.25, 0.3) is 0 Å². The maximum Gasteiger partial charge on any atom is 0.342 e. The SMILES string of the molecule is CNc1ncc(CCC(=O)NCCSSCCCC(=O)CCCCC2SCC3NC(=O)NC32)cc1C(=O)OC(C)(C)C. The summed E-state index contributed by atoms with van der Waals surface area (Å²) in [4.78, 5) is 52.8. The average Bonchev–Trinajstić information content (AvgIpc) is 3.49. The molecule has 10 nitrogen and oxygen atoms in total. The second-order valence-corrected chi connectivity index (χ2v) is 15.5. The minimum Gasteiger partial charge on any atom is -0.456 e. The van der Waals surface area contributed by atoms with Crippen LogP contribution in [0, 0.1) is 0 Å². The molecule has 0 spiro atoms. The molecule has 234 valence electrons. The molecule has 0 aromatic carbocycles. The molecule has 13 heteroatoms. The van der Waals surface area contributed by atoms with E-state index >= 15 is 0 Å². The Morgan fingerprint density at radius 2 is 1.86 bits per heavy atom. The smallest absolute Gasteiger partial charge is 0.342 e. The molecule has 2 saturated heterocycles. The van der Waals surface area contributed by atoms with Crippen LogP contribution in [-0.2, 0) is 20.7 Å². The van der Waals surface area contributed by atoms with E-state index in [1.165, 1.54) is 0 Å². The van der Waals surface area contributed by atoms with Crippen molar-refractivity contribution in [3.8, 4) is 0 Å². The van der Waals surface area contributed by atoms with Gasteiger partial charge in [0.05, 0.1) is 12.1 Å². The summed E-state index contributed by atoms with van der Waals surface area (Å²) >= 11 is 1.92. The van der Waals surface area contributed by atoms with Crippen LogP contribution in [0.4, 0.5) is 10.6 Å². The largest absolute Gasteiger partial charge is 0.456 e. The van der Waals surface area contributed by atoms with Crippen molar-refractivity contribution in [1.82, 2.24) is 20.9 Å². The Morgan fingerprint density at radius 1 is 1.10 bits per heavy atom. The summed E-state index contributed by atoms with van der Waals surface area (Å²) in [6.45, 7) is 6.03. The number of anilines is 1. The van der Waals surface area contributed by atoms with Gasteiger partial charge in [-0.15, -0.1) is 0 Å². The van der Waals surface area contributed by atoms with Crippen molar-refractivity contribution in [2.24, 2.45) is 0 Å². The predicted molar refractivity (Wildman–Crippen MR) is 173 cm³/mol. The molecule has 3 amide bonds. The average molecular weight is 640 g/mol. The van der Waals surface area contributed by atoms with Crippen LogP contribution in [0.2, 0.25) is 0 Å². The third-order valence-electron chi connectivity index (χ3n) is 6.85. The van der Waals surface area contributed by atoms with Gasteiger partial charge < -0.3 is 26.0 Å². The molecule has 42 heavy (non-hydrogen) atoms. The Bertz CT molecular complexity index is 1080. The van der Waals surface area contributed by atoms with Gasteiger partial charge in [0.15, 0.2) is 0 Å². The van der Waals surface area contributed by atoms with E-state index in [4.69, 9.17) is 4.74 Å². The normalized spacial score (nSPS) is 19.5. The predicted octanol–water partition coefficient (Wildman–Crippen LogP) is 4.58. The number of rotatable bonds is 18. The van der Waals surface area contributed by atoms with Gasteiger partial charge in [-0.2, -0.15) is 11.8 Å². The lowest BCUT2D eigenvalue weighted by atomic mass is 10.0. The number of Topliss-reactive ketones (excluding diaryl/α,β-unsaturated/α-hetero) is 1. The third-order valence-corrected chi connectivity index (χ3v) is 10.8. The van der Waals surface area contributed by atoms with E-state index in [9.17, 15) is 19.2 Å². The van der Waals surface area contributed by atoms with Gasteiger partial charge in [0.25, 0.3) is 0 Å². The van der Waals surface area contributed by atoms with Crippen molar-refractivity contribution in [1.29, 1.82) is 0 Å². The number of esters is 1. The lowest BCUT2D eigenvalue weighted by Gasteiger charge is -2.20. The zero-order chi connectivity index (χ0) is 30.5. The summed E-state index contributed by atoms with van der Waals surface area (Å²) in [7, 11) is 5.14. The van der Waals surface area contributed by atoms with Crippen molar-refractivity contribution in [2.75, 3.05) is 36.2 Å². The summed E-state index contributed by atoms with van der Waals surface area (Å²) in [6, 6.07) is 2.18. The second kappa shape index (κ2) is 17.2. The van der Waals surface area contributed by atoms with Gasteiger partial charge in [-0.1, -0.05) is 28.0 Å². The summed E-state index contributed by atoms with van der Waals surface area (Å²) in [5.41, 5.74) is 0.546. The maximum absolute atomic E-state index is 12.5. The number of carbonyl (C=O) groups is 4. The molecule has 3 heterocycles. The number of pyridine rings is 1. The Hall–Kier alpha value is -2.12. The van der Waals surface area contributed by atoms with E-state index in [0.29, 0.717) is 54.6 Å². The van der Waals surface area contributed by atoms with E-state index in [2.05, 4.69) is 26.3 Å². The van der Waals surface area contributed by atoms with Crippen LogP contribution in [0.1, 0.15) is 81.6 Å². The molecular weight excluding hydrogens is 595 g/mol. The van der Waals surface area contributed by atoms with Crippen LogP contribution < -0.4 is 21.3 Å². The van der Waals surface area contributed by atoms with Crippen LogP contribution in [0.15, 0.2) is 12.3 Å². The fraction of sp³-hybridized carbons (Fsp3) is 0.690. The van der Waals surface area contributed by atoms with Crippen molar-refractivity contribution in [3.63, 3.8) is 0 Å². The number of aryl methyl sites for hydroxylation is 1. The standard InChI is InChI=1S/C29H45N5O5S3/c1-29(2,3)39-27(37)21-16-19(17-32-26(21)30-4)11-12-24(36)31-13-15-42-41-14-7-9-20(35)8-5-6-10-23-25-22(18-40-23)33-28(38)34-25/h16-17,22-23,25H,5-15,18H2,1-4H3,(H,30,32)(H,31,36)(H2,33,34,38). The van der Waals surface area contributed by atoms with Gasteiger partial charge in [-0.3, -0.25) is 9.59 Å². The number of fused-ring (bicyclic) bond motifs is 1. The zero-order valence-electron chi connectivity index (χ0n) is 25.1. The highest BCUT2D eigenvalue weighted by Gasteiger charge is 2.42. The van der Waals surface area contributed by atoms with Crippen LogP contribution in [0.5, 0.6) is 0 Å². The highest BCUT2D eigenvalue weighted by molar-refractivity contribution is 8.76. The number of hydrogen-bond donors (Lipinski definition) is 4. The summed E-state index contributed by atoms with van der Waals surface area (Å²) in [5.74, 6) is 2.96. The minimum absolute atomic E-state index is 0.0429. The van der Waals surface area contributed by atoms with Crippen molar-refractivity contribution < 1.29 is 23.9 Å². The number of ether oxygens (including phenoxy) is 1. The summed E-state index contributed by atoms with van der Waals surface area (Å²) in [5, 5.41) is 12.3. The number of nitrogens with one attached hydrogen (secondary N) is 4. The quantitative estimate of drug-likeness (QED) is 0.0781. The van der Waals surface area contributed by atoms with E-state index in [1.54, 1.807) is 40.9 Å². The number of thioether (sulfide) groups is 1. The Kier molecular flexibility index (Phi) is 14.1. The molecule has 4 N–H and O–H groups in total. The number of hydrogen-bond acceptors (Lipinski definition) is 10. The first kappa shape index (κ1) is 34.4. The molecule has 1 aromatic rings. The third kappa shape index (κ3) is 11.9. The topological polar surface area (TPSA) is 139 Å². The molecule has 3 rings (SSSR count). The number of ketones is 1. The maximum atomic E-state index is 12.5. The number of carbonyl (C=O) groups excluding carboxylic acids is 4. The Labute approximate surface area is 261 Å². The minimum atomic E-state index is -0.610. The van der Waals surface area contributed by atoms with Gasteiger partial charge in [0.2, 0.25) is 5.91 Å². The van der Waals surface area contributed by atoms with E-state index in [1.807, 2.05) is 32.5 Å². The highest BCUT2D eigenvalue weighted by atomic mass is 33.1. The number of urea groups is 1. The highest BCUT2D eigenvalue weighted by Crippen LogP contribution is 2.33. The van der Waals surface area contributed by atoms with Crippen LogP contribution in [0.3, 0.4) is 0 Å². The first-order valence-electron chi connectivity index (χ1n) is 14.7. The van der Waals surface area contributed by atoms with E-state index in [0.717, 1.165) is 48.5 Å². The molecule has 3 atom stereocenters. The van der Waals surface area contributed by atoms with Crippen molar-refractivity contribution >= 4 is 62.9 Å². The van der Waals surface area contributed by atoms with Gasteiger partial charge in [0.1, 0.15) is 22.8 Å². The van der Waals surface area contributed by atoms with E-state index < -0.39 is 11.6 Å². The number of aromatic nitrogens is 1. The monoisotopic (exact) mass is 639 g/mol. The number of amides is 3. The molecule has 3 unspecified atom stereocenters. The zero-order valence-corrected chi connectivity index (χ0v) is 27.5. The summed E-state index contributed by atoms with van der Waals surface area (Å²) in [6.07, 6.45) is 7.56. The molecule has 1 aromatic heterocycles. The van der Waals surface area contributed by atoms with Crippen LogP contribution >= 0.6 is 33.3 Å². The first-order valence-corrected chi connectivity index (χ1v) is 18.2. The Morgan fingerprint density at radius 3 is 2.62 bits per heavy atom. The fourth-order valence-electron chi connectivity index (χ4n) is 4.79. The van der Waals surface area contributed by atoms with Crippen molar-refractivity contribution in [3.05, 3.63) is 23.4 Å². The summed E-state index contributed by atoms with van der Waals surface area (Å²) < 4.78 is 5.48. The first-order chi connectivity index (χ1) is 20.1. The number of nitrogens with zero attached hydrogens (tertiary/aromatic N) is 1. The van der Waals surface area contributed by atoms with Gasteiger partial charge in [-0.05, 0) is 58.1 Å². The Balaban J connectivity index is 1.18. The van der Waals surface area contributed by atoms with Gasteiger partial charge in [0, 0.05) is 61.6 Å². The van der Waals surface area contributed by atoms with Gasteiger partial charge >= 0.3 is 12.0 Å². The van der Waals surface area contributed by atoms with E-state index in [-0.39, 0.29) is 24.0 Å². The molecule has 0 radical (unpaired) electrons. The molecular formula is C29H45N5O5S3. The molecule has 0 saturated carbocycles. The van der Waals surface area contributed by atoms with Crippen LogP contribution in [-0.4, -0.2) is 82.5 Å². The number of unbranched alkanes of at least 4 members (excludes halogenated alkanes) is 1. The lowest BCUT2D eigenvalue weighted by molar-refractivity contribution is -0.121. The van der Waals surface area contributed by atoms with Crippen molar-refractivity contribution in [2.45, 2.75) is 95.1 Å². The molecule has 2 aliphatic rings. The molecule has 0 bridgehead atoms.